The molecule has 2 heterocycles. The van der Waals surface area contributed by atoms with Crippen molar-refractivity contribution in [2.75, 3.05) is 18.0 Å². The van der Waals surface area contributed by atoms with Gasteiger partial charge in [-0.25, -0.2) is 4.98 Å². The molecule has 0 spiro atoms. The quantitative estimate of drug-likeness (QED) is 0.874. The summed E-state index contributed by atoms with van der Waals surface area (Å²) in [7, 11) is 0. The molecule has 2 aromatic rings. The fraction of sp³-hybridized carbons (Fsp3) is 0.400. The molecule has 21 heavy (non-hydrogen) atoms. The van der Waals surface area contributed by atoms with Crippen molar-refractivity contribution in [2.45, 2.75) is 19.4 Å². The fourth-order valence-electron chi connectivity index (χ4n) is 2.94. The molecule has 0 aliphatic carbocycles. The maximum absolute atomic E-state index is 9.29. The Balaban J connectivity index is 1.79. The smallest absolute Gasteiger partial charge is 0.137 e. The molecule has 0 radical (unpaired) electrons. The Morgan fingerprint density at radius 2 is 2.33 bits per heavy atom. The van der Waals surface area contributed by atoms with E-state index >= 15 is 0 Å². The summed E-state index contributed by atoms with van der Waals surface area (Å²) in [6.45, 7) is 2.67. The van der Waals surface area contributed by atoms with Crippen LogP contribution >= 0.6 is 11.6 Å². The molecule has 6 heteroatoms. The van der Waals surface area contributed by atoms with Crippen LogP contribution in [0.3, 0.4) is 0 Å². The summed E-state index contributed by atoms with van der Waals surface area (Å²) in [6, 6.07) is 7.73. The zero-order chi connectivity index (χ0) is 14.7. The summed E-state index contributed by atoms with van der Waals surface area (Å²) in [5, 5.41) is 14.1. The highest BCUT2D eigenvalue weighted by molar-refractivity contribution is 6.33. The summed E-state index contributed by atoms with van der Waals surface area (Å²) in [5.41, 5.74) is 1.51. The van der Waals surface area contributed by atoms with Crippen LogP contribution in [0.5, 0.6) is 0 Å². The topological polar surface area (TPSA) is 57.7 Å². The second-order valence-corrected chi connectivity index (χ2v) is 5.73. The molecule has 1 aromatic carbocycles. The highest BCUT2D eigenvalue weighted by Crippen LogP contribution is 2.33. The molecule has 0 N–H and O–H groups in total. The first-order valence-electron chi connectivity index (χ1n) is 7.04. The van der Waals surface area contributed by atoms with Crippen molar-refractivity contribution in [2.24, 2.45) is 5.92 Å². The molecule has 0 amide bonds. The van der Waals surface area contributed by atoms with Crippen LogP contribution in [0.25, 0.3) is 0 Å². The van der Waals surface area contributed by atoms with E-state index in [4.69, 9.17) is 11.6 Å². The number of hydrogen-bond donors (Lipinski definition) is 0. The monoisotopic (exact) mass is 301 g/mol. The van der Waals surface area contributed by atoms with Crippen LogP contribution in [0.4, 0.5) is 5.69 Å². The standard InChI is InChI=1S/C15H16ClN5/c16-14-5-1-4-13(7-17)15(14)20-6-2-3-12(8-20)9-21-11-18-10-19-21/h1,4-5,10-12H,2-3,6,8-9H2. The number of rotatable bonds is 3. The number of para-hydroxylation sites is 1. The predicted octanol–water partition coefficient (Wildman–Crippen LogP) is 2.72. The van der Waals surface area contributed by atoms with Crippen LogP contribution in [0.1, 0.15) is 18.4 Å². The van der Waals surface area contributed by atoms with E-state index in [0.717, 1.165) is 38.2 Å². The van der Waals surface area contributed by atoms with Crippen molar-refractivity contribution in [1.29, 1.82) is 5.26 Å². The minimum atomic E-state index is 0.489. The Morgan fingerprint density at radius 3 is 3.10 bits per heavy atom. The zero-order valence-electron chi connectivity index (χ0n) is 11.6. The highest BCUT2D eigenvalue weighted by Gasteiger charge is 2.24. The van der Waals surface area contributed by atoms with Crippen LogP contribution in [0, 0.1) is 17.2 Å². The van der Waals surface area contributed by atoms with Gasteiger partial charge in [-0.2, -0.15) is 10.4 Å². The summed E-state index contributed by atoms with van der Waals surface area (Å²) in [5.74, 6) is 0.489. The van der Waals surface area contributed by atoms with Crippen molar-refractivity contribution in [1.82, 2.24) is 14.8 Å². The number of halogens is 1. The number of aromatic nitrogens is 3. The molecule has 1 aromatic heterocycles. The van der Waals surface area contributed by atoms with E-state index in [0.29, 0.717) is 16.5 Å². The van der Waals surface area contributed by atoms with Crippen molar-refractivity contribution in [3.05, 3.63) is 41.4 Å². The van der Waals surface area contributed by atoms with Crippen LogP contribution < -0.4 is 4.90 Å². The van der Waals surface area contributed by atoms with Crippen LogP contribution in [0.15, 0.2) is 30.9 Å². The molecule has 1 atom stereocenters. The van der Waals surface area contributed by atoms with Crippen LogP contribution in [-0.4, -0.2) is 27.9 Å². The summed E-state index contributed by atoms with van der Waals surface area (Å²) in [4.78, 5) is 6.21. The third kappa shape index (κ3) is 3.01. The van der Waals surface area contributed by atoms with Gasteiger partial charge in [0.2, 0.25) is 0 Å². The van der Waals surface area contributed by atoms with E-state index in [2.05, 4.69) is 21.1 Å². The van der Waals surface area contributed by atoms with Crippen molar-refractivity contribution >= 4 is 17.3 Å². The predicted molar refractivity (Wildman–Crippen MR) is 81.1 cm³/mol. The Labute approximate surface area is 128 Å². The van der Waals surface area contributed by atoms with Gasteiger partial charge in [0.15, 0.2) is 0 Å². The molecular formula is C15H16ClN5. The molecule has 108 valence electrons. The Hall–Kier alpha value is -2.06. The van der Waals surface area contributed by atoms with Gasteiger partial charge in [-0.15, -0.1) is 0 Å². The van der Waals surface area contributed by atoms with Gasteiger partial charge >= 0.3 is 0 Å². The van der Waals surface area contributed by atoms with Crippen molar-refractivity contribution in [3.8, 4) is 6.07 Å². The Morgan fingerprint density at radius 1 is 1.43 bits per heavy atom. The molecule has 1 unspecified atom stereocenters. The van der Waals surface area contributed by atoms with Gasteiger partial charge in [-0.05, 0) is 30.9 Å². The van der Waals surface area contributed by atoms with Crippen molar-refractivity contribution < 1.29 is 0 Å². The summed E-state index contributed by atoms with van der Waals surface area (Å²) >= 11 is 6.31. The molecule has 3 rings (SSSR count). The molecule has 1 saturated heterocycles. The van der Waals surface area contributed by atoms with Crippen LogP contribution in [0.2, 0.25) is 5.02 Å². The number of piperidine rings is 1. The molecule has 0 bridgehead atoms. The van der Waals surface area contributed by atoms with Gasteiger partial charge in [0.1, 0.15) is 18.7 Å². The maximum atomic E-state index is 9.29. The molecule has 1 fully saturated rings. The lowest BCUT2D eigenvalue weighted by Crippen LogP contribution is -2.37. The van der Waals surface area contributed by atoms with Gasteiger partial charge in [-0.1, -0.05) is 17.7 Å². The van der Waals surface area contributed by atoms with Crippen molar-refractivity contribution in [3.63, 3.8) is 0 Å². The lowest BCUT2D eigenvalue weighted by atomic mass is 9.97. The van der Waals surface area contributed by atoms with Gasteiger partial charge in [0.25, 0.3) is 0 Å². The normalized spacial score (nSPS) is 18.5. The number of nitriles is 1. The Kier molecular flexibility index (Phi) is 4.07. The lowest BCUT2D eigenvalue weighted by molar-refractivity contribution is 0.351. The third-order valence-electron chi connectivity index (χ3n) is 3.85. The minimum Gasteiger partial charge on any atom is -0.369 e. The highest BCUT2D eigenvalue weighted by atomic mass is 35.5. The first kappa shape index (κ1) is 13.9. The van der Waals surface area contributed by atoms with E-state index < -0.39 is 0 Å². The lowest BCUT2D eigenvalue weighted by Gasteiger charge is -2.35. The number of hydrogen-bond acceptors (Lipinski definition) is 4. The van der Waals surface area contributed by atoms with E-state index in [1.807, 2.05) is 22.9 Å². The average molecular weight is 302 g/mol. The average Bonchev–Trinajstić information content (AvgIpc) is 3.00. The van der Waals surface area contributed by atoms with E-state index in [-0.39, 0.29) is 0 Å². The van der Waals surface area contributed by atoms with Gasteiger partial charge in [0, 0.05) is 19.6 Å². The Bertz CT molecular complexity index is 647. The first-order chi connectivity index (χ1) is 10.3. The SMILES string of the molecule is N#Cc1cccc(Cl)c1N1CCCC(Cn2cncn2)C1. The fourth-order valence-corrected chi connectivity index (χ4v) is 3.23. The van der Waals surface area contributed by atoms with E-state index in [1.165, 1.54) is 0 Å². The third-order valence-corrected chi connectivity index (χ3v) is 4.16. The van der Waals surface area contributed by atoms with Gasteiger partial charge < -0.3 is 4.90 Å². The summed E-state index contributed by atoms with van der Waals surface area (Å²) < 4.78 is 1.87. The van der Waals surface area contributed by atoms with Gasteiger partial charge in [0.05, 0.1) is 16.3 Å². The summed E-state index contributed by atoms with van der Waals surface area (Å²) in [6.07, 6.45) is 5.55. The zero-order valence-corrected chi connectivity index (χ0v) is 12.4. The van der Waals surface area contributed by atoms with Gasteiger partial charge in [-0.3, -0.25) is 4.68 Å². The molecule has 5 nitrogen and oxygen atoms in total. The van der Waals surface area contributed by atoms with E-state index in [9.17, 15) is 5.26 Å². The molecule has 1 aliphatic rings. The molecule has 1 aliphatic heterocycles. The number of anilines is 1. The molecular weight excluding hydrogens is 286 g/mol. The van der Waals surface area contributed by atoms with Crippen LogP contribution in [-0.2, 0) is 6.54 Å². The second kappa shape index (κ2) is 6.15. The minimum absolute atomic E-state index is 0.489. The first-order valence-corrected chi connectivity index (χ1v) is 7.41. The largest absolute Gasteiger partial charge is 0.369 e. The number of nitrogens with zero attached hydrogens (tertiary/aromatic N) is 5. The second-order valence-electron chi connectivity index (χ2n) is 5.32. The number of benzene rings is 1. The van der Waals surface area contributed by atoms with E-state index in [1.54, 1.807) is 12.7 Å². The molecule has 0 saturated carbocycles. The maximum Gasteiger partial charge on any atom is 0.137 e.